The van der Waals surface area contributed by atoms with Crippen LogP contribution in [0.2, 0.25) is 0 Å². The second-order valence-electron chi connectivity index (χ2n) is 2.65. The predicted octanol–water partition coefficient (Wildman–Crippen LogP) is 1.02. The quantitative estimate of drug-likeness (QED) is 0.592. The largest absolute Gasteiger partial charge is 0.359 e. The molecule has 1 N–H and O–H groups in total. The van der Waals surface area contributed by atoms with E-state index in [0.717, 1.165) is 0 Å². The average molecular weight is 129 g/mol. The molecule has 0 saturated carbocycles. The number of carbonyl (C=O) groups excluding carboxylic acids is 1. The monoisotopic (exact) mass is 129 g/mol. The van der Waals surface area contributed by atoms with E-state index in [4.69, 9.17) is 0 Å². The highest BCUT2D eigenvalue weighted by atomic mass is 16.1. The average Bonchev–Trinajstić information content (AvgIpc) is 1.84. The summed E-state index contributed by atoms with van der Waals surface area (Å²) in [5.41, 5.74) is 0. The van der Waals surface area contributed by atoms with E-state index in [1.165, 1.54) is 0 Å². The predicted molar refractivity (Wildman–Crippen MR) is 38.1 cm³/mol. The zero-order valence-electron chi connectivity index (χ0n) is 6.56. The summed E-state index contributed by atoms with van der Waals surface area (Å²) in [5, 5.41) is 2.61. The van der Waals surface area contributed by atoms with Gasteiger partial charge in [-0.05, 0) is 5.92 Å². The van der Waals surface area contributed by atoms with Crippen molar-refractivity contribution in [3.8, 4) is 0 Å². The van der Waals surface area contributed by atoms with Gasteiger partial charge in [-0.25, -0.2) is 0 Å². The van der Waals surface area contributed by atoms with Crippen LogP contribution < -0.4 is 5.32 Å². The second kappa shape index (κ2) is 3.49. The molecular weight excluding hydrogens is 114 g/mol. The van der Waals surface area contributed by atoms with Gasteiger partial charge in [0.05, 0.1) is 0 Å². The van der Waals surface area contributed by atoms with Crippen molar-refractivity contribution in [1.82, 2.24) is 5.32 Å². The van der Waals surface area contributed by atoms with Crippen LogP contribution in [0, 0.1) is 11.8 Å². The van der Waals surface area contributed by atoms with Gasteiger partial charge in [0, 0.05) is 13.0 Å². The molecule has 0 spiro atoms. The number of hydrogen-bond donors (Lipinski definition) is 1. The highest BCUT2D eigenvalue weighted by molar-refractivity contribution is 5.78. The van der Waals surface area contributed by atoms with Crippen LogP contribution in [0.5, 0.6) is 0 Å². The summed E-state index contributed by atoms with van der Waals surface area (Å²) in [6.45, 7) is 6.02. The highest BCUT2D eigenvalue weighted by Gasteiger charge is 2.13. The first-order chi connectivity index (χ1) is 4.09. The van der Waals surface area contributed by atoms with E-state index in [0.29, 0.717) is 5.92 Å². The Morgan fingerprint density at radius 1 is 1.33 bits per heavy atom. The number of hydrogen-bond acceptors (Lipinski definition) is 1. The fourth-order valence-electron chi connectivity index (χ4n) is 0.530. The van der Waals surface area contributed by atoms with Crippen LogP contribution >= 0.6 is 0 Å². The van der Waals surface area contributed by atoms with E-state index in [1.54, 1.807) is 7.05 Å². The molecule has 0 aliphatic heterocycles. The third kappa shape index (κ3) is 2.49. The second-order valence-corrected chi connectivity index (χ2v) is 2.65. The van der Waals surface area contributed by atoms with Crippen molar-refractivity contribution in [3.05, 3.63) is 0 Å². The molecule has 1 amide bonds. The van der Waals surface area contributed by atoms with Gasteiger partial charge in [0.15, 0.2) is 0 Å². The van der Waals surface area contributed by atoms with Crippen LogP contribution in [0.1, 0.15) is 20.8 Å². The molecular formula is C7H15NO. The third-order valence-corrected chi connectivity index (χ3v) is 1.66. The van der Waals surface area contributed by atoms with E-state index in [1.807, 2.05) is 20.8 Å². The molecule has 2 nitrogen and oxygen atoms in total. The molecule has 1 atom stereocenters. The Balaban J connectivity index is 3.72. The van der Waals surface area contributed by atoms with Gasteiger partial charge in [-0.2, -0.15) is 0 Å². The minimum absolute atomic E-state index is 0.130. The van der Waals surface area contributed by atoms with Gasteiger partial charge in [-0.1, -0.05) is 20.8 Å². The van der Waals surface area contributed by atoms with Crippen molar-refractivity contribution in [3.63, 3.8) is 0 Å². The number of nitrogens with one attached hydrogen (secondary N) is 1. The summed E-state index contributed by atoms with van der Waals surface area (Å²) in [6.07, 6.45) is 0. The van der Waals surface area contributed by atoms with Gasteiger partial charge in [0.2, 0.25) is 5.91 Å². The molecule has 0 saturated heterocycles. The molecule has 0 fully saturated rings. The Morgan fingerprint density at radius 2 is 1.78 bits per heavy atom. The lowest BCUT2D eigenvalue weighted by atomic mass is 9.98. The molecule has 0 aromatic rings. The lowest BCUT2D eigenvalue weighted by molar-refractivity contribution is -0.125. The van der Waals surface area contributed by atoms with Crippen LogP contribution in [0.15, 0.2) is 0 Å². The van der Waals surface area contributed by atoms with E-state index >= 15 is 0 Å². The molecule has 9 heavy (non-hydrogen) atoms. The molecule has 0 aliphatic rings. The zero-order valence-corrected chi connectivity index (χ0v) is 6.56. The smallest absolute Gasteiger partial charge is 0.222 e. The zero-order chi connectivity index (χ0) is 7.44. The molecule has 0 bridgehead atoms. The molecule has 0 unspecified atom stereocenters. The van der Waals surface area contributed by atoms with Crippen molar-refractivity contribution in [2.45, 2.75) is 20.8 Å². The maximum Gasteiger partial charge on any atom is 0.222 e. The first-order valence-electron chi connectivity index (χ1n) is 3.31. The third-order valence-electron chi connectivity index (χ3n) is 1.66. The molecule has 0 aromatic carbocycles. The van der Waals surface area contributed by atoms with Crippen LogP contribution in [0.3, 0.4) is 0 Å². The first kappa shape index (κ1) is 8.47. The molecule has 0 heterocycles. The lowest BCUT2D eigenvalue weighted by Gasteiger charge is -2.12. The number of amides is 1. The van der Waals surface area contributed by atoms with Crippen LogP contribution in [-0.4, -0.2) is 13.0 Å². The Hall–Kier alpha value is -0.530. The van der Waals surface area contributed by atoms with Crippen molar-refractivity contribution in [2.24, 2.45) is 11.8 Å². The molecule has 0 radical (unpaired) electrons. The Morgan fingerprint density at radius 3 is 1.89 bits per heavy atom. The summed E-state index contributed by atoms with van der Waals surface area (Å²) < 4.78 is 0. The SMILES string of the molecule is CNC(=O)[C@H](C)C(C)C. The lowest BCUT2D eigenvalue weighted by Crippen LogP contribution is -2.28. The maximum atomic E-state index is 10.8. The van der Waals surface area contributed by atoms with E-state index in [-0.39, 0.29) is 11.8 Å². The highest BCUT2D eigenvalue weighted by Crippen LogP contribution is 2.08. The minimum atomic E-state index is 0.130. The fourth-order valence-corrected chi connectivity index (χ4v) is 0.530. The van der Waals surface area contributed by atoms with Gasteiger partial charge in [0.1, 0.15) is 0 Å². The summed E-state index contributed by atoms with van der Waals surface area (Å²) in [5.74, 6) is 0.699. The minimum Gasteiger partial charge on any atom is -0.359 e. The van der Waals surface area contributed by atoms with Crippen LogP contribution in [0.25, 0.3) is 0 Å². The van der Waals surface area contributed by atoms with Crippen molar-refractivity contribution in [1.29, 1.82) is 0 Å². The molecule has 54 valence electrons. The van der Waals surface area contributed by atoms with Crippen LogP contribution in [-0.2, 0) is 4.79 Å². The molecule has 0 aromatic heterocycles. The Kier molecular flexibility index (Phi) is 3.28. The summed E-state index contributed by atoms with van der Waals surface area (Å²) in [4.78, 5) is 10.8. The molecule has 2 heteroatoms. The van der Waals surface area contributed by atoms with Gasteiger partial charge in [-0.3, -0.25) is 4.79 Å². The van der Waals surface area contributed by atoms with Crippen molar-refractivity contribution < 1.29 is 4.79 Å². The van der Waals surface area contributed by atoms with Gasteiger partial charge in [-0.15, -0.1) is 0 Å². The Bertz CT molecular complexity index is 99.1. The van der Waals surface area contributed by atoms with E-state index < -0.39 is 0 Å². The summed E-state index contributed by atoms with van der Waals surface area (Å²) in [7, 11) is 1.67. The summed E-state index contributed by atoms with van der Waals surface area (Å²) >= 11 is 0. The van der Waals surface area contributed by atoms with Gasteiger partial charge < -0.3 is 5.32 Å². The first-order valence-corrected chi connectivity index (χ1v) is 3.31. The molecule has 0 rings (SSSR count). The fraction of sp³-hybridized carbons (Fsp3) is 0.857. The van der Waals surface area contributed by atoms with Crippen molar-refractivity contribution in [2.75, 3.05) is 7.05 Å². The van der Waals surface area contributed by atoms with Gasteiger partial charge in [0.25, 0.3) is 0 Å². The Labute approximate surface area is 56.6 Å². The van der Waals surface area contributed by atoms with Crippen LogP contribution in [0.4, 0.5) is 0 Å². The van der Waals surface area contributed by atoms with Gasteiger partial charge >= 0.3 is 0 Å². The van der Waals surface area contributed by atoms with Crippen molar-refractivity contribution >= 4 is 5.91 Å². The number of rotatable bonds is 2. The topological polar surface area (TPSA) is 29.1 Å². The normalized spacial score (nSPS) is 13.4. The standard InChI is InChI=1S/C7H15NO/c1-5(2)6(3)7(9)8-4/h5-6H,1-4H3,(H,8,9)/t6-/m1/s1. The van der Waals surface area contributed by atoms with E-state index in [2.05, 4.69) is 5.32 Å². The summed E-state index contributed by atoms with van der Waals surface area (Å²) in [6, 6.07) is 0. The molecule has 0 aliphatic carbocycles. The van der Waals surface area contributed by atoms with E-state index in [9.17, 15) is 4.79 Å². The number of carbonyl (C=O) groups is 1. The maximum absolute atomic E-state index is 10.8.